The molecule has 3 heteroatoms. The van der Waals surface area contributed by atoms with Crippen molar-refractivity contribution in [1.29, 1.82) is 0 Å². The second-order valence-electron chi connectivity index (χ2n) is 1.69. The van der Waals surface area contributed by atoms with Crippen LogP contribution in [0.15, 0.2) is 22.8 Å². The summed E-state index contributed by atoms with van der Waals surface area (Å²) in [4.78, 5) is 14.8. The van der Waals surface area contributed by atoms with E-state index < -0.39 is 12.6 Å². The Morgan fingerprint density at radius 2 is 2.60 bits per heavy atom. The topological polar surface area (TPSA) is 30.0 Å². The Morgan fingerprint density at radius 3 is 3.10 bits per heavy atom. The molecule has 1 aromatic heterocycles. The van der Waals surface area contributed by atoms with Crippen molar-refractivity contribution in [2.75, 3.05) is 0 Å². The van der Waals surface area contributed by atoms with Gasteiger partial charge in [-0.2, -0.15) is 0 Å². The summed E-state index contributed by atoms with van der Waals surface area (Å²) in [6, 6.07) is 2.95. The molecule has 0 aromatic carbocycles. The largest absolute Gasteiger partial charge is 0.293 e. The minimum Gasteiger partial charge on any atom is -0.293 e. The summed E-state index contributed by atoms with van der Waals surface area (Å²) in [5.41, 5.74) is -0.0387. The molecule has 0 bridgehead atoms. The summed E-state index contributed by atoms with van der Waals surface area (Å²) in [6.45, 7) is -2.61. The SMILES string of the molecule is [2H]C([2H])([2H])C(=O)c1ccc(Br)cn1. The lowest BCUT2D eigenvalue weighted by Crippen LogP contribution is -1.94. The van der Waals surface area contributed by atoms with Crippen LogP contribution >= 0.6 is 15.9 Å². The first-order valence-electron chi connectivity index (χ1n) is 4.07. The molecule has 10 heavy (non-hydrogen) atoms. The lowest BCUT2D eigenvalue weighted by molar-refractivity contribution is 0.101. The normalized spacial score (nSPS) is 15.1. The number of nitrogens with zero attached hydrogens (tertiary/aromatic N) is 1. The molecule has 1 aromatic rings. The molecular weight excluding hydrogens is 194 g/mol. The molecular formula is C7H6BrNO. The van der Waals surface area contributed by atoms with Crippen molar-refractivity contribution in [2.45, 2.75) is 6.85 Å². The van der Waals surface area contributed by atoms with Crippen molar-refractivity contribution >= 4 is 21.7 Å². The van der Waals surface area contributed by atoms with Gasteiger partial charge in [-0.05, 0) is 28.1 Å². The van der Waals surface area contributed by atoms with E-state index in [1.54, 1.807) is 6.07 Å². The Bertz CT molecular complexity index is 320. The van der Waals surface area contributed by atoms with E-state index in [1.165, 1.54) is 12.3 Å². The maximum absolute atomic E-state index is 11.1. The smallest absolute Gasteiger partial charge is 0.178 e. The molecule has 0 N–H and O–H groups in total. The fourth-order valence-electron chi connectivity index (χ4n) is 0.510. The molecule has 0 fully saturated rings. The highest BCUT2D eigenvalue weighted by Gasteiger charge is 1.97. The molecule has 0 saturated carbocycles. The molecule has 0 unspecified atom stereocenters. The van der Waals surface area contributed by atoms with Gasteiger partial charge in [0.25, 0.3) is 0 Å². The van der Waals surface area contributed by atoms with Gasteiger partial charge in [-0.3, -0.25) is 9.78 Å². The number of pyridine rings is 1. The van der Waals surface area contributed by atoms with Gasteiger partial charge in [-0.25, -0.2) is 0 Å². The van der Waals surface area contributed by atoms with Crippen LogP contribution in [0.25, 0.3) is 0 Å². The number of ketones is 1. The van der Waals surface area contributed by atoms with Crippen molar-refractivity contribution in [3.05, 3.63) is 28.5 Å². The highest BCUT2D eigenvalue weighted by atomic mass is 79.9. The fourth-order valence-corrected chi connectivity index (χ4v) is 0.745. The lowest BCUT2D eigenvalue weighted by atomic mass is 10.3. The van der Waals surface area contributed by atoms with E-state index in [0.717, 1.165) is 0 Å². The van der Waals surface area contributed by atoms with E-state index in [2.05, 4.69) is 20.9 Å². The van der Waals surface area contributed by atoms with Gasteiger partial charge in [0.05, 0.1) is 0 Å². The van der Waals surface area contributed by atoms with Crippen molar-refractivity contribution in [2.24, 2.45) is 0 Å². The number of hydrogen-bond acceptors (Lipinski definition) is 2. The van der Waals surface area contributed by atoms with Crippen LogP contribution in [-0.2, 0) is 0 Å². The Hall–Kier alpha value is -0.700. The Kier molecular flexibility index (Phi) is 1.24. The first-order valence-corrected chi connectivity index (χ1v) is 3.37. The zero-order chi connectivity index (χ0) is 10.1. The predicted octanol–water partition coefficient (Wildman–Crippen LogP) is 2.05. The van der Waals surface area contributed by atoms with Crippen molar-refractivity contribution in [3.63, 3.8) is 0 Å². The fraction of sp³-hybridized carbons (Fsp3) is 0.143. The van der Waals surface area contributed by atoms with Gasteiger partial charge in [0, 0.05) is 21.6 Å². The van der Waals surface area contributed by atoms with E-state index in [4.69, 9.17) is 4.11 Å². The summed E-state index contributed by atoms with van der Waals surface area (Å²) in [7, 11) is 0. The Morgan fingerprint density at radius 1 is 1.80 bits per heavy atom. The van der Waals surface area contributed by atoms with E-state index >= 15 is 0 Å². The summed E-state index contributed by atoms with van der Waals surface area (Å²) < 4.78 is 21.3. The van der Waals surface area contributed by atoms with Crippen LogP contribution < -0.4 is 0 Å². The zero-order valence-electron chi connectivity index (χ0n) is 7.97. The minimum atomic E-state index is -2.61. The quantitative estimate of drug-likeness (QED) is 0.653. The molecule has 1 heterocycles. The maximum atomic E-state index is 11.1. The van der Waals surface area contributed by atoms with Gasteiger partial charge in [0.2, 0.25) is 0 Å². The molecule has 0 amide bonds. The number of aromatic nitrogens is 1. The van der Waals surface area contributed by atoms with Crippen molar-refractivity contribution in [1.82, 2.24) is 4.98 Å². The molecule has 2 nitrogen and oxygen atoms in total. The second-order valence-corrected chi connectivity index (χ2v) is 2.61. The first kappa shape index (κ1) is 4.23. The van der Waals surface area contributed by atoms with Crippen LogP contribution in [0, 0.1) is 0 Å². The molecule has 0 saturated heterocycles. The average molecular weight is 203 g/mol. The summed E-state index contributed by atoms with van der Waals surface area (Å²) in [6.07, 6.45) is 1.39. The van der Waals surface area contributed by atoms with Gasteiger partial charge < -0.3 is 0 Å². The molecule has 0 aliphatic heterocycles. The van der Waals surface area contributed by atoms with E-state index in [1.807, 2.05) is 0 Å². The van der Waals surface area contributed by atoms with Crippen LogP contribution in [0.1, 0.15) is 21.5 Å². The lowest BCUT2D eigenvalue weighted by Gasteiger charge is -1.92. The highest BCUT2D eigenvalue weighted by Crippen LogP contribution is 2.07. The highest BCUT2D eigenvalue weighted by molar-refractivity contribution is 9.10. The molecule has 0 radical (unpaired) electrons. The number of hydrogen-bond donors (Lipinski definition) is 0. The number of carbonyl (C=O) groups is 1. The standard InChI is InChI=1S/C7H6BrNO/c1-5(10)7-3-2-6(8)4-9-7/h2-4H,1H3/i1D3. The van der Waals surface area contributed by atoms with E-state index in [0.29, 0.717) is 4.47 Å². The second kappa shape index (κ2) is 2.92. The minimum absolute atomic E-state index is 0.0387. The molecule has 1 rings (SSSR count). The number of carbonyl (C=O) groups excluding carboxylic acids is 1. The third-order valence-electron chi connectivity index (χ3n) is 0.960. The molecule has 0 atom stereocenters. The molecule has 0 aliphatic carbocycles. The zero-order valence-corrected chi connectivity index (χ0v) is 6.55. The van der Waals surface area contributed by atoms with Crippen LogP contribution in [0.2, 0.25) is 0 Å². The average Bonchev–Trinajstić information content (AvgIpc) is 2.03. The third kappa shape index (κ3) is 1.64. The molecule has 0 spiro atoms. The number of Topliss-reactive ketones (excluding diaryl/α,β-unsaturated/α-hetero) is 1. The first-order chi connectivity index (χ1) is 5.91. The Labute approximate surface area is 71.6 Å². The summed E-state index contributed by atoms with van der Waals surface area (Å²) in [5, 5.41) is 0. The maximum Gasteiger partial charge on any atom is 0.178 e. The van der Waals surface area contributed by atoms with Crippen LogP contribution in [0.5, 0.6) is 0 Å². The predicted molar refractivity (Wildman–Crippen MR) is 41.9 cm³/mol. The van der Waals surface area contributed by atoms with Gasteiger partial charge >= 0.3 is 0 Å². The summed E-state index contributed by atoms with van der Waals surface area (Å²) >= 11 is 3.13. The van der Waals surface area contributed by atoms with Crippen LogP contribution in [-0.4, -0.2) is 10.8 Å². The van der Waals surface area contributed by atoms with Gasteiger partial charge in [-0.1, -0.05) is 0 Å². The van der Waals surface area contributed by atoms with E-state index in [-0.39, 0.29) is 5.69 Å². The third-order valence-corrected chi connectivity index (χ3v) is 1.43. The van der Waals surface area contributed by atoms with E-state index in [9.17, 15) is 4.79 Å². The van der Waals surface area contributed by atoms with Crippen molar-refractivity contribution in [3.8, 4) is 0 Å². The van der Waals surface area contributed by atoms with Gasteiger partial charge in [-0.15, -0.1) is 0 Å². The molecule has 52 valence electrons. The number of halogens is 1. The van der Waals surface area contributed by atoms with Gasteiger partial charge in [0.1, 0.15) is 5.69 Å². The van der Waals surface area contributed by atoms with Crippen LogP contribution in [0.4, 0.5) is 0 Å². The van der Waals surface area contributed by atoms with Gasteiger partial charge in [0.15, 0.2) is 5.78 Å². The number of rotatable bonds is 1. The monoisotopic (exact) mass is 202 g/mol. The van der Waals surface area contributed by atoms with Crippen LogP contribution in [0.3, 0.4) is 0 Å². The summed E-state index contributed by atoms with van der Waals surface area (Å²) in [5.74, 6) is -0.931. The Balaban J connectivity index is 2.97. The molecule has 0 aliphatic rings. The van der Waals surface area contributed by atoms with Crippen molar-refractivity contribution < 1.29 is 8.91 Å².